The molecular formula is C19H23FN2O3S. The third-order valence-corrected chi connectivity index (χ3v) is 5.23. The lowest BCUT2D eigenvalue weighted by atomic mass is 10.2. The van der Waals surface area contributed by atoms with Gasteiger partial charge in [0.25, 0.3) is 0 Å². The number of carbonyl (C=O) groups excluding carboxylic acids is 1. The zero-order chi connectivity index (χ0) is 19.2. The van der Waals surface area contributed by atoms with Gasteiger partial charge in [0.2, 0.25) is 15.9 Å². The summed E-state index contributed by atoms with van der Waals surface area (Å²) in [5, 5.41) is 0. The summed E-state index contributed by atoms with van der Waals surface area (Å²) in [5.74, 6) is -0.816. The lowest BCUT2D eigenvalue weighted by molar-refractivity contribution is -0.131. The molecule has 5 nitrogen and oxygen atoms in total. The van der Waals surface area contributed by atoms with E-state index in [9.17, 15) is 17.6 Å². The van der Waals surface area contributed by atoms with Crippen LogP contribution < -0.4 is 0 Å². The Hall–Kier alpha value is -2.25. The Balaban J connectivity index is 2.14. The Kier molecular flexibility index (Phi) is 6.88. The molecule has 2 rings (SSSR count). The molecule has 0 unspecified atom stereocenters. The maximum atomic E-state index is 13.9. The van der Waals surface area contributed by atoms with Crippen molar-refractivity contribution in [3.8, 4) is 0 Å². The molecule has 26 heavy (non-hydrogen) atoms. The van der Waals surface area contributed by atoms with Gasteiger partial charge in [-0.1, -0.05) is 48.5 Å². The van der Waals surface area contributed by atoms with Crippen LogP contribution in [0.4, 0.5) is 4.39 Å². The van der Waals surface area contributed by atoms with Crippen LogP contribution in [0.15, 0.2) is 54.6 Å². The number of carbonyl (C=O) groups is 1. The van der Waals surface area contributed by atoms with E-state index in [-0.39, 0.29) is 24.6 Å². The van der Waals surface area contributed by atoms with Crippen LogP contribution in [0.3, 0.4) is 0 Å². The number of rotatable bonds is 8. The first-order valence-corrected chi connectivity index (χ1v) is 10.2. The molecule has 0 heterocycles. The van der Waals surface area contributed by atoms with Gasteiger partial charge in [0, 0.05) is 25.2 Å². The number of benzene rings is 2. The maximum absolute atomic E-state index is 13.9. The fourth-order valence-corrected chi connectivity index (χ4v) is 3.26. The van der Waals surface area contributed by atoms with Crippen LogP contribution in [-0.2, 0) is 27.9 Å². The number of sulfonamides is 1. The van der Waals surface area contributed by atoms with Crippen molar-refractivity contribution in [3.05, 3.63) is 71.5 Å². The molecule has 0 atom stereocenters. The molecule has 0 aliphatic rings. The maximum Gasteiger partial charge on any atom is 0.238 e. The summed E-state index contributed by atoms with van der Waals surface area (Å²) < 4.78 is 39.0. The number of nitrogens with zero attached hydrogens (tertiary/aromatic N) is 2. The summed E-state index contributed by atoms with van der Waals surface area (Å²) in [5.41, 5.74) is 1.19. The van der Waals surface area contributed by atoms with Crippen molar-refractivity contribution in [1.82, 2.24) is 9.21 Å². The highest BCUT2D eigenvalue weighted by molar-refractivity contribution is 7.88. The summed E-state index contributed by atoms with van der Waals surface area (Å²) in [7, 11) is -3.67. The molecule has 0 fully saturated rings. The molecule has 0 aliphatic heterocycles. The van der Waals surface area contributed by atoms with Crippen molar-refractivity contribution >= 4 is 15.9 Å². The minimum atomic E-state index is -3.67. The van der Waals surface area contributed by atoms with Crippen LogP contribution in [-0.4, -0.2) is 42.9 Å². The van der Waals surface area contributed by atoms with Crippen molar-refractivity contribution in [2.45, 2.75) is 20.0 Å². The third-order valence-electron chi connectivity index (χ3n) is 4.04. The van der Waals surface area contributed by atoms with Crippen LogP contribution in [0.1, 0.15) is 18.1 Å². The summed E-state index contributed by atoms with van der Waals surface area (Å²) in [6.07, 6.45) is 1.02. The van der Waals surface area contributed by atoms with Crippen molar-refractivity contribution in [1.29, 1.82) is 0 Å². The molecular weight excluding hydrogens is 355 g/mol. The SMILES string of the molecule is CCN(Cc1ccccc1)C(=O)CN(Cc1ccccc1F)S(C)(=O)=O. The first-order valence-electron chi connectivity index (χ1n) is 8.31. The predicted molar refractivity (Wildman–Crippen MR) is 99.2 cm³/mol. The van der Waals surface area contributed by atoms with E-state index in [1.807, 2.05) is 37.3 Å². The average Bonchev–Trinajstić information content (AvgIpc) is 2.60. The molecule has 0 saturated carbocycles. The normalized spacial score (nSPS) is 11.5. The second-order valence-corrected chi connectivity index (χ2v) is 8.00. The van der Waals surface area contributed by atoms with Crippen LogP contribution in [0.2, 0.25) is 0 Å². The van der Waals surface area contributed by atoms with Gasteiger partial charge in [0.05, 0.1) is 12.8 Å². The Morgan fingerprint density at radius 2 is 1.62 bits per heavy atom. The summed E-state index contributed by atoms with van der Waals surface area (Å²) in [6.45, 7) is 2.18. The monoisotopic (exact) mass is 378 g/mol. The first kappa shape index (κ1) is 20.1. The van der Waals surface area contributed by atoms with Gasteiger partial charge in [-0.2, -0.15) is 4.31 Å². The molecule has 2 aromatic rings. The number of amides is 1. The van der Waals surface area contributed by atoms with Gasteiger partial charge < -0.3 is 4.90 Å². The van der Waals surface area contributed by atoms with E-state index in [0.717, 1.165) is 16.1 Å². The van der Waals surface area contributed by atoms with E-state index in [4.69, 9.17) is 0 Å². The molecule has 140 valence electrons. The molecule has 0 radical (unpaired) electrons. The van der Waals surface area contributed by atoms with E-state index in [0.29, 0.717) is 13.1 Å². The number of halogens is 1. The first-order chi connectivity index (χ1) is 12.3. The number of hydrogen-bond donors (Lipinski definition) is 0. The third kappa shape index (κ3) is 5.64. The largest absolute Gasteiger partial charge is 0.338 e. The highest BCUT2D eigenvalue weighted by atomic mass is 32.2. The Bertz CT molecular complexity index is 841. The highest BCUT2D eigenvalue weighted by Gasteiger charge is 2.24. The molecule has 0 aromatic heterocycles. The van der Waals surface area contributed by atoms with Crippen LogP contribution in [0.5, 0.6) is 0 Å². The lowest BCUT2D eigenvalue weighted by Crippen LogP contribution is -2.42. The van der Waals surface area contributed by atoms with E-state index >= 15 is 0 Å². The molecule has 0 spiro atoms. The lowest BCUT2D eigenvalue weighted by Gasteiger charge is -2.25. The van der Waals surface area contributed by atoms with Crippen LogP contribution in [0, 0.1) is 5.82 Å². The predicted octanol–water partition coefficient (Wildman–Crippen LogP) is 2.64. The molecule has 2 aromatic carbocycles. The smallest absolute Gasteiger partial charge is 0.238 e. The Morgan fingerprint density at radius 1 is 1.00 bits per heavy atom. The Morgan fingerprint density at radius 3 is 2.19 bits per heavy atom. The number of hydrogen-bond acceptors (Lipinski definition) is 3. The van der Waals surface area contributed by atoms with Gasteiger partial charge in [0.15, 0.2) is 0 Å². The van der Waals surface area contributed by atoms with Gasteiger partial charge in [-0.3, -0.25) is 4.79 Å². The summed E-state index contributed by atoms with van der Waals surface area (Å²) >= 11 is 0. The standard InChI is InChI=1S/C19H23FN2O3S/c1-3-21(13-16-9-5-4-6-10-16)19(23)15-22(26(2,24)25)14-17-11-7-8-12-18(17)20/h4-12H,3,13-15H2,1-2H3. The zero-order valence-electron chi connectivity index (χ0n) is 14.9. The second kappa shape index (κ2) is 8.91. The topological polar surface area (TPSA) is 57.7 Å². The Labute approximate surface area is 154 Å². The fraction of sp³-hybridized carbons (Fsp3) is 0.316. The second-order valence-electron chi connectivity index (χ2n) is 6.02. The van der Waals surface area contributed by atoms with Crippen molar-refractivity contribution < 1.29 is 17.6 Å². The zero-order valence-corrected chi connectivity index (χ0v) is 15.7. The van der Waals surface area contributed by atoms with Gasteiger partial charge in [-0.05, 0) is 18.6 Å². The van der Waals surface area contributed by atoms with Crippen molar-refractivity contribution in [3.63, 3.8) is 0 Å². The molecule has 7 heteroatoms. The summed E-state index contributed by atoms with van der Waals surface area (Å²) in [4.78, 5) is 14.2. The quantitative estimate of drug-likeness (QED) is 0.710. The molecule has 0 saturated heterocycles. The number of likely N-dealkylation sites (N-methyl/N-ethyl adjacent to an activating group) is 1. The van der Waals surface area contributed by atoms with E-state index in [1.165, 1.54) is 18.2 Å². The van der Waals surface area contributed by atoms with Gasteiger partial charge >= 0.3 is 0 Å². The average molecular weight is 378 g/mol. The molecule has 0 aliphatic carbocycles. The van der Waals surface area contributed by atoms with Crippen LogP contribution >= 0.6 is 0 Å². The van der Waals surface area contributed by atoms with Gasteiger partial charge in [-0.25, -0.2) is 12.8 Å². The van der Waals surface area contributed by atoms with Crippen LogP contribution in [0.25, 0.3) is 0 Å². The minimum absolute atomic E-state index is 0.180. The van der Waals surface area contributed by atoms with E-state index in [2.05, 4.69) is 0 Å². The van der Waals surface area contributed by atoms with Crippen molar-refractivity contribution in [2.75, 3.05) is 19.3 Å². The molecule has 0 N–H and O–H groups in total. The summed E-state index contributed by atoms with van der Waals surface area (Å²) in [6, 6.07) is 15.4. The fourth-order valence-electron chi connectivity index (χ4n) is 2.54. The van der Waals surface area contributed by atoms with Crippen molar-refractivity contribution in [2.24, 2.45) is 0 Å². The minimum Gasteiger partial charge on any atom is -0.338 e. The molecule has 1 amide bonds. The van der Waals surface area contributed by atoms with E-state index < -0.39 is 15.8 Å². The van der Waals surface area contributed by atoms with Gasteiger partial charge in [-0.15, -0.1) is 0 Å². The van der Waals surface area contributed by atoms with Gasteiger partial charge in [0.1, 0.15) is 5.82 Å². The highest BCUT2D eigenvalue weighted by Crippen LogP contribution is 2.13. The van der Waals surface area contributed by atoms with E-state index in [1.54, 1.807) is 11.0 Å². The molecule has 0 bridgehead atoms.